The Balaban J connectivity index is 1.68. The molecule has 7 nitrogen and oxygen atoms in total. The van der Waals surface area contributed by atoms with Crippen LogP contribution in [-0.4, -0.2) is 29.7 Å². The highest BCUT2D eigenvalue weighted by Crippen LogP contribution is 2.31. The normalized spacial score (nSPS) is 11.4. The van der Waals surface area contributed by atoms with Crippen LogP contribution in [0.15, 0.2) is 47.5 Å². The van der Waals surface area contributed by atoms with Crippen LogP contribution in [0.2, 0.25) is 0 Å². The van der Waals surface area contributed by atoms with Gasteiger partial charge in [-0.2, -0.15) is 4.98 Å². The van der Waals surface area contributed by atoms with Gasteiger partial charge in [0.2, 0.25) is 5.89 Å². The Morgan fingerprint density at radius 2 is 1.93 bits per heavy atom. The summed E-state index contributed by atoms with van der Waals surface area (Å²) in [6.45, 7) is 6.80. The van der Waals surface area contributed by atoms with E-state index in [9.17, 15) is 0 Å². The zero-order valence-electron chi connectivity index (χ0n) is 15.7. The Morgan fingerprint density at radius 1 is 1.11 bits per heavy atom. The topological polar surface area (TPSA) is 85.4 Å². The second kappa shape index (κ2) is 7.19. The van der Waals surface area contributed by atoms with E-state index in [0.717, 1.165) is 34.2 Å². The molecule has 0 bridgehead atoms. The lowest BCUT2D eigenvalue weighted by Crippen LogP contribution is -2.04. The van der Waals surface area contributed by atoms with Gasteiger partial charge in [0, 0.05) is 30.1 Å². The first-order chi connectivity index (χ1) is 13.1. The molecule has 1 aromatic carbocycles. The SMILES string of the molecule is Cc1[nH]cnc1-c1c(-c2ccccc2)ncn1CCc1nc(C(C)C)no1. The summed E-state index contributed by atoms with van der Waals surface area (Å²) in [5.41, 5.74) is 4.88. The third-order valence-electron chi connectivity index (χ3n) is 4.51. The van der Waals surface area contributed by atoms with Crippen LogP contribution in [0, 0.1) is 6.92 Å². The Labute approximate surface area is 157 Å². The molecule has 1 N–H and O–H groups in total. The van der Waals surface area contributed by atoms with E-state index in [2.05, 4.69) is 55.6 Å². The molecule has 0 spiro atoms. The van der Waals surface area contributed by atoms with Gasteiger partial charge in [-0.1, -0.05) is 49.3 Å². The quantitative estimate of drug-likeness (QED) is 0.560. The van der Waals surface area contributed by atoms with E-state index in [4.69, 9.17) is 4.52 Å². The highest BCUT2D eigenvalue weighted by molar-refractivity contribution is 5.77. The molecule has 4 aromatic rings. The van der Waals surface area contributed by atoms with Gasteiger partial charge >= 0.3 is 0 Å². The first kappa shape index (κ1) is 17.2. The fourth-order valence-electron chi connectivity index (χ4n) is 3.03. The fourth-order valence-corrected chi connectivity index (χ4v) is 3.03. The largest absolute Gasteiger partial charge is 0.348 e. The molecule has 27 heavy (non-hydrogen) atoms. The van der Waals surface area contributed by atoms with Crippen LogP contribution >= 0.6 is 0 Å². The number of imidazole rings is 2. The Bertz CT molecular complexity index is 1030. The van der Waals surface area contributed by atoms with E-state index in [-0.39, 0.29) is 5.92 Å². The summed E-state index contributed by atoms with van der Waals surface area (Å²) in [6, 6.07) is 10.2. The van der Waals surface area contributed by atoms with Gasteiger partial charge in [-0.3, -0.25) is 0 Å². The third kappa shape index (κ3) is 3.40. The number of rotatable bonds is 6. The van der Waals surface area contributed by atoms with E-state index >= 15 is 0 Å². The number of aromatic nitrogens is 6. The molecule has 138 valence electrons. The fraction of sp³-hybridized carbons (Fsp3) is 0.300. The number of nitrogens with zero attached hydrogens (tertiary/aromatic N) is 5. The maximum absolute atomic E-state index is 5.38. The number of hydrogen-bond donors (Lipinski definition) is 1. The van der Waals surface area contributed by atoms with Crippen molar-refractivity contribution in [3.05, 3.63) is 60.4 Å². The predicted octanol–water partition coefficient (Wildman–Crippen LogP) is 4.00. The Kier molecular flexibility index (Phi) is 4.58. The number of H-pyrrole nitrogens is 1. The highest BCUT2D eigenvalue weighted by atomic mass is 16.5. The summed E-state index contributed by atoms with van der Waals surface area (Å²) >= 11 is 0. The number of hydrogen-bond acceptors (Lipinski definition) is 5. The minimum absolute atomic E-state index is 0.252. The molecule has 0 unspecified atom stereocenters. The molecule has 4 rings (SSSR count). The molecule has 0 aliphatic rings. The van der Waals surface area contributed by atoms with Crippen molar-refractivity contribution in [3.8, 4) is 22.6 Å². The minimum atomic E-state index is 0.252. The zero-order valence-corrected chi connectivity index (χ0v) is 15.7. The lowest BCUT2D eigenvalue weighted by atomic mass is 10.1. The van der Waals surface area contributed by atoms with E-state index in [0.29, 0.717) is 18.9 Å². The maximum atomic E-state index is 5.38. The summed E-state index contributed by atoms with van der Waals surface area (Å²) in [6.07, 6.45) is 4.20. The average Bonchev–Trinajstić information content (AvgIpc) is 3.39. The van der Waals surface area contributed by atoms with Crippen molar-refractivity contribution < 1.29 is 4.52 Å². The molecule has 0 fully saturated rings. The van der Waals surface area contributed by atoms with Crippen molar-refractivity contribution in [1.29, 1.82) is 0 Å². The van der Waals surface area contributed by atoms with Gasteiger partial charge in [0.25, 0.3) is 0 Å². The molecule has 0 saturated heterocycles. The van der Waals surface area contributed by atoms with E-state index < -0.39 is 0 Å². The van der Waals surface area contributed by atoms with Gasteiger partial charge in [0.1, 0.15) is 5.69 Å². The molecule has 0 aliphatic carbocycles. The van der Waals surface area contributed by atoms with Crippen LogP contribution in [0.1, 0.15) is 37.2 Å². The molecular formula is C20H22N6O. The number of benzene rings is 1. The van der Waals surface area contributed by atoms with Crippen LogP contribution in [-0.2, 0) is 13.0 Å². The van der Waals surface area contributed by atoms with E-state index in [1.807, 2.05) is 31.5 Å². The van der Waals surface area contributed by atoms with Crippen molar-refractivity contribution >= 4 is 0 Å². The van der Waals surface area contributed by atoms with E-state index in [1.165, 1.54) is 0 Å². The smallest absolute Gasteiger partial charge is 0.228 e. The molecule has 0 amide bonds. The second-order valence-electron chi connectivity index (χ2n) is 6.83. The summed E-state index contributed by atoms with van der Waals surface area (Å²) in [7, 11) is 0. The maximum Gasteiger partial charge on any atom is 0.228 e. The van der Waals surface area contributed by atoms with Gasteiger partial charge in [-0.05, 0) is 6.92 Å². The molecule has 3 aromatic heterocycles. The van der Waals surface area contributed by atoms with Crippen LogP contribution in [0.4, 0.5) is 0 Å². The van der Waals surface area contributed by atoms with E-state index in [1.54, 1.807) is 6.33 Å². The molecule has 7 heteroatoms. The Morgan fingerprint density at radius 3 is 2.59 bits per heavy atom. The lowest BCUT2D eigenvalue weighted by molar-refractivity contribution is 0.365. The molecule has 3 heterocycles. The summed E-state index contributed by atoms with van der Waals surface area (Å²) < 4.78 is 7.48. The van der Waals surface area contributed by atoms with Crippen LogP contribution in [0.5, 0.6) is 0 Å². The van der Waals surface area contributed by atoms with Gasteiger partial charge in [-0.15, -0.1) is 0 Å². The number of aromatic amines is 1. The molecular weight excluding hydrogens is 340 g/mol. The highest BCUT2D eigenvalue weighted by Gasteiger charge is 2.19. The van der Waals surface area contributed by atoms with Gasteiger partial charge in [0.05, 0.1) is 24.0 Å². The van der Waals surface area contributed by atoms with Crippen LogP contribution < -0.4 is 0 Å². The standard InChI is InChI=1S/C20H22N6O/c1-13(2)20-24-16(27-25-20)9-10-26-12-23-18(15-7-5-4-6-8-15)19(26)17-14(3)21-11-22-17/h4-8,11-13H,9-10H2,1-3H3,(H,21,22). The van der Waals surface area contributed by atoms with Crippen molar-refractivity contribution in [2.45, 2.75) is 39.7 Å². The third-order valence-corrected chi connectivity index (χ3v) is 4.51. The lowest BCUT2D eigenvalue weighted by Gasteiger charge is -2.08. The van der Waals surface area contributed by atoms with Crippen molar-refractivity contribution in [3.63, 3.8) is 0 Å². The minimum Gasteiger partial charge on any atom is -0.348 e. The van der Waals surface area contributed by atoms with Gasteiger partial charge in [-0.25, -0.2) is 9.97 Å². The summed E-state index contributed by atoms with van der Waals surface area (Å²) in [5.74, 6) is 1.63. The van der Waals surface area contributed by atoms with Gasteiger partial charge < -0.3 is 14.1 Å². The van der Waals surface area contributed by atoms with Crippen molar-refractivity contribution in [1.82, 2.24) is 29.7 Å². The summed E-state index contributed by atoms with van der Waals surface area (Å²) in [5, 5.41) is 4.04. The zero-order chi connectivity index (χ0) is 18.8. The number of aryl methyl sites for hydroxylation is 3. The molecule has 0 atom stereocenters. The van der Waals surface area contributed by atoms with Crippen molar-refractivity contribution in [2.75, 3.05) is 0 Å². The van der Waals surface area contributed by atoms with Crippen molar-refractivity contribution in [2.24, 2.45) is 0 Å². The summed E-state index contributed by atoms with van der Waals surface area (Å²) in [4.78, 5) is 16.8. The average molecular weight is 362 g/mol. The molecule has 0 saturated carbocycles. The monoisotopic (exact) mass is 362 g/mol. The predicted molar refractivity (Wildman–Crippen MR) is 102 cm³/mol. The Hall–Kier alpha value is -3.22. The number of nitrogens with one attached hydrogen (secondary N) is 1. The second-order valence-corrected chi connectivity index (χ2v) is 6.83. The molecule has 0 aliphatic heterocycles. The van der Waals surface area contributed by atoms with Crippen LogP contribution in [0.25, 0.3) is 22.6 Å². The van der Waals surface area contributed by atoms with Gasteiger partial charge in [0.15, 0.2) is 5.82 Å². The molecule has 0 radical (unpaired) electrons. The first-order valence-electron chi connectivity index (χ1n) is 9.07. The first-order valence-corrected chi connectivity index (χ1v) is 9.07. The van der Waals surface area contributed by atoms with Crippen LogP contribution in [0.3, 0.4) is 0 Å².